The lowest BCUT2D eigenvalue weighted by Crippen LogP contribution is -2.37. The van der Waals surface area contributed by atoms with Crippen molar-refractivity contribution in [3.63, 3.8) is 0 Å². The molecular weight excluding hydrogens is 544 g/mol. The molecule has 1 aromatic rings. The van der Waals surface area contributed by atoms with Crippen molar-refractivity contribution in [2.45, 2.75) is 31.5 Å². The number of nitrogens with one attached hydrogen (secondary N) is 4. The molecule has 0 aromatic carbocycles. The maximum atomic E-state index is 13.0. The van der Waals surface area contributed by atoms with Crippen LogP contribution in [0.4, 0.5) is 11.6 Å². The number of rotatable bonds is 25. The fourth-order valence-electron chi connectivity index (χ4n) is 3.12. The summed E-state index contributed by atoms with van der Waals surface area (Å²) in [4.78, 5) is 34.7. The van der Waals surface area contributed by atoms with E-state index in [1.807, 2.05) is 0 Å². The number of carbonyl (C=O) groups is 2. The number of unbranched alkanes of at least 4 members (excludes halogenated alkanes) is 1. The molecule has 0 saturated heterocycles. The van der Waals surface area contributed by atoms with E-state index in [9.17, 15) is 19.8 Å². The molecule has 0 spiro atoms. The molecule has 0 aliphatic carbocycles. The van der Waals surface area contributed by atoms with Crippen LogP contribution in [0.2, 0.25) is 0 Å². The van der Waals surface area contributed by atoms with E-state index in [-0.39, 0.29) is 36.1 Å². The van der Waals surface area contributed by atoms with Gasteiger partial charge in [-0.05, 0) is 19.3 Å². The molecule has 16 heteroatoms. The van der Waals surface area contributed by atoms with Crippen LogP contribution in [0.1, 0.15) is 40.2 Å². The van der Waals surface area contributed by atoms with Crippen molar-refractivity contribution in [1.82, 2.24) is 20.6 Å². The number of hydrogen-bond acceptors (Lipinski definition) is 14. The monoisotopic (exact) mass is 590 g/mol. The summed E-state index contributed by atoms with van der Waals surface area (Å²) in [6.07, 6.45) is -0.412. The molecule has 2 atom stereocenters. The van der Waals surface area contributed by atoms with Gasteiger partial charge >= 0.3 is 0 Å². The van der Waals surface area contributed by atoms with Crippen molar-refractivity contribution in [2.75, 3.05) is 104 Å². The average Bonchev–Trinajstić information content (AvgIpc) is 2.99. The molecule has 1 aromatic heterocycles. The summed E-state index contributed by atoms with van der Waals surface area (Å²) in [5.41, 5.74) is -0.259. The van der Waals surface area contributed by atoms with Crippen LogP contribution >= 0.6 is 0 Å². The lowest BCUT2D eigenvalue weighted by Gasteiger charge is -2.17. The van der Waals surface area contributed by atoms with Crippen LogP contribution in [0, 0.1) is 0 Å². The lowest BCUT2D eigenvalue weighted by atomic mass is 10.2. The van der Waals surface area contributed by atoms with Crippen LogP contribution in [-0.4, -0.2) is 148 Å². The molecule has 2 unspecified atom stereocenters. The van der Waals surface area contributed by atoms with Gasteiger partial charge in [-0.2, -0.15) is 0 Å². The predicted octanol–water partition coefficient (Wildman–Crippen LogP) is -2.04. The first-order chi connectivity index (χ1) is 19.9. The van der Waals surface area contributed by atoms with E-state index in [1.165, 1.54) is 0 Å². The van der Waals surface area contributed by atoms with Gasteiger partial charge < -0.3 is 60.6 Å². The van der Waals surface area contributed by atoms with Crippen molar-refractivity contribution in [3.8, 4) is 0 Å². The Bertz CT molecular complexity index is 866. The second-order valence-electron chi connectivity index (χ2n) is 8.84. The minimum absolute atomic E-state index is 0.0165. The molecule has 1 heterocycles. The molecule has 0 saturated carbocycles. The number of nitrogens with zero attached hydrogens (tertiary/aromatic N) is 2. The Hall–Kier alpha value is -2.70. The van der Waals surface area contributed by atoms with Gasteiger partial charge in [-0.25, -0.2) is 9.97 Å². The van der Waals surface area contributed by atoms with Gasteiger partial charge in [0.25, 0.3) is 11.8 Å². The van der Waals surface area contributed by atoms with Gasteiger partial charge in [0.05, 0.1) is 51.8 Å². The van der Waals surface area contributed by atoms with Gasteiger partial charge in [0, 0.05) is 53.6 Å². The molecule has 1 rings (SSSR count). The number of aliphatic hydroxyl groups excluding tert-OH is 4. The number of ether oxygens (including phenoxy) is 4. The Kier molecular flexibility index (Phi) is 20.3. The highest BCUT2D eigenvalue weighted by molar-refractivity contribution is 6.01. The first-order valence-corrected chi connectivity index (χ1v) is 13.5. The number of methoxy groups -OCH3 is 2. The van der Waals surface area contributed by atoms with Crippen LogP contribution < -0.4 is 21.3 Å². The SMILES string of the molecule is COCCOCCCCNc1nc(C(=O)NCC(O)CO)c(NCCCOCCOC)nc1C(=O)NCC(O)CO. The summed E-state index contributed by atoms with van der Waals surface area (Å²) < 4.78 is 20.8. The molecule has 236 valence electrons. The minimum atomic E-state index is -1.17. The minimum Gasteiger partial charge on any atom is -0.394 e. The van der Waals surface area contributed by atoms with Crippen molar-refractivity contribution in [3.05, 3.63) is 11.4 Å². The molecule has 8 N–H and O–H groups in total. The first kappa shape index (κ1) is 36.3. The number of anilines is 2. The Morgan fingerprint density at radius 3 is 1.56 bits per heavy atom. The smallest absolute Gasteiger partial charge is 0.273 e. The fraction of sp³-hybridized carbons (Fsp3) is 0.760. The van der Waals surface area contributed by atoms with Gasteiger partial charge in [0.2, 0.25) is 0 Å². The van der Waals surface area contributed by atoms with E-state index in [0.29, 0.717) is 72.0 Å². The lowest BCUT2D eigenvalue weighted by molar-refractivity contribution is 0.0691. The third kappa shape index (κ3) is 15.8. The van der Waals surface area contributed by atoms with Crippen LogP contribution in [0.5, 0.6) is 0 Å². The molecule has 16 nitrogen and oxygen atoms in total. The van der Waals surface area contributed by atoms with E-state index < -0.39 is 37.2 Å². The van der Waals surface area contributed by atoms with Crippen molar-refractivity contribution in [2.24, 2.45) is 0 Å². The summed E-state index contributed by atoms with van der Waals surface area (Å²) in [7, 11) is 3.17. The Morgan fingerprint density at radius 1 is 0.683 bits per heavy atom. The normalized spacial score (nSPS) is 12.5. The highest BCUT2D eigenvalue weighted by Crippen LogP contribution is 2.19. The summed E-state index contributed by atoms with van der Waals surface area (Å²) in [5.74, 6) is -1.31. The van der Waals surface area contributed by atoms with E-state index in [0.717, 1.165) is 0 Å². The molecule has 0 aliphatic heterocycles. The van der Waals surface area contributed by atoms with Gasteiger partial charge in [-0.3, -0.25) is 9.59 Å². The quantitative estimate of drug-likeness (QED) is 0.0575. The van der Waals surface area contributed by atoms with Crippen molar-refractivity contribution < 1.29 is 49.0 Å². The maximum absolute atomic E-state index is 13.0. The Morgan fingerprint density at radius 2 is 1.12 bits per heavy atom. The van der Waals surface area contributed by atoms with Crippen LogP contribution in [0.15, 0.2) is 0 Å². The first-order valence-electron chi connectivity index (χ1n) is 13.5. The maximum Gasteiger partial charge on any atom is 0.273 e. The zero-order chi connectivity index (χ0) is 30.3. The number of amides is 2. The molecule has 0 fully saturated rings. The standard InChI is InChI=1S/C25H46N6O10/c1-38-10-12-40-8-4-3-6-26-22-20(24(36)28-14-18(34)16-32)31-23(27-7-5-9-41-13-11-39-2)21(30-22)25(37)29-15-19(35)17-33/h18-19,32-35H,3-17H2,1-2H3,(H,26,30)(H,27,31)(H,28,36)(H,29,37). The van der Waals surface area contributed by atoms with Crippen molar-refractivity contribution in [1.29, 1.82) is 0 Å². The molecule has 0 radical (unpaired) electrons. The van der Waals surface area contributed by atoms with Crippen molar-refractivity contribution >= 4 is 23.5 Å². The second kappa shape index (κ2) is 22.9. The molecular formula is C25H46N6O10. The van der Waals surface area contributed by atoms with E-state index in [2.05, 4.69) is 31.2 Å². The molecule has 41 heavy (non-hydrogen) atoms. The fourth-order valence-corrected chi connectivity index (χ4v) is 3.12. The van der Waals surface area contributed by atoms with Crippen LogP contribution in [-0.2, 0) is 18.9 Å². The van der Waals surface area contributed by atoms with E-state index in [4.69, 9.17) is 29.2 Å². The molecule has 2 amide bonds. The molecule has 0 aliphatic rings. The van der Waals surface area contributed by atoms with Gasteiger partial charge in [0.15, 0.2) is 23.0 Å². The number of hydrogen-bond donors (Lipinski definition) is 8. The number of aromatic nitrogens is 2. The molecule has 0 bridgehead atoms. The summed E-state index contributed by atoms with van der Waals surface area (Å²) in [6, 6.07) is 0. The predicted molar refractivity (Wildman–Crippen MR) is 149 cm³/mol. The highest BCUT2D eigenvalue weighted by Gasteiger charge is 2.24. The van der Waals surface area contributed by atoms with E-state index in [1.54, 1.807) is 14.2 Å². The van der Waals surface area contributed by atoms with Gasteiger partial charge in [0.1, 0.15) is 0 Å². The largest absolute Gasteiger partial charge is 0.394 e. The zero-order valence-electron chi connectivity index (χ0n) is 23.9. The topological polar surface area (TPSA) is 226 Å². The summed E-state index contributed by atoms with van der Waals surface area (Å²) in [5, 5.41) is 48.5. The Balaban J connectivity index is 3.11. The van der Waals surface area contributed by atoms with Gasteiger partial charge in [-0.1, -0.05) is 0 Å². The Labute approximate surface area is 240 Å². The average molecular weight is 591 g/mol. The van der Waals surface area contributed by atoms with E-state index >= 15 is 0 Å². The second-order valence-corrected chi connectivity index (χ2v) is 8.84. The summed E-state index contributed by atoms with van der Waals surface area (Å²) in [6.45, 7) is 1.99. The van der Waals surface area contributed by atoms with Crippen LogP contribution in [0.25, 0.3) is 0 Å². The highest BCUT2D eigenvalue weighted by atomic mass is 16.5. The number of carbonyl (C=O) groups excluding carboxylic acids is 2. The zero-order valence-corrected chi connectivity index (χ0v) is 23.9. The third-order valence-corrected chi connectivity index (χ3v) is 5.37. The van der Waals surface area contributed by atoms with Crippen LogP contribution in [0.3, 0.4) is 0 Å². The summed E-state index contributed by atoms with van der Waals surface area (Å²) >= 11 is 0. The third-order valence-electron chi connectivity index (χ3n) is 5.37. The van der Waals surface area contributed by atoms with Gasteiger partial charge in [-0.15, -0.1) is 0 Å². The number of aliphatic hydroxyl groups is 4.